The average Bonchev–Trinajstić information content (AvgIpc) is 2.52. The van der Waals surface area contributed by atoms with Crippen molar-refractivity contribution in [1.82, 2.24) is 10.6 Å². The molecule has 0 bridgehead atoms. The minimum absolute atomic E-state index is 0.00563. The molecule has 0 unspecified atom stereocenters. The number of nitrogens with one attached hydrogen (secondary N) is 3. The second-order valence-corrected chi connectivity index (χ2v) is 5.23. The Morgan fingerprint density at radius 3 is 2.00 bits per heavy atom. The Kier molecular flexibility index (Phi) is 8.42. The molecule has 6 nitrogen and oxygen atoms in total. The lowest BCUT2D eigenvalue weighted by atomic mass is 10.2. The van der Waals surface area contributed by atoms with Gasteiger partial charge in [0.15, 0.2) is 0 Å². The van der Waals surface area contributed by atoms with Crippen LogP contribution in [0.4, 0.5) is 5.69 Å². The van der Waals surface area contributed by atoms with E-state index in [1.54, 1.807) is 24.3 Å². The largest absolute Gasteiger partial charge is 0.354 e. The fourth-order valence-electron chi connectivity index (χ4n) is 1.95. The summed E-state index contributed by atoms with van der Waals surface area (Å²) in [6, 6.07) is 6.72. The third-order valence-corrected chi connectivity index (χ3v) is 3.12. The second kappa shape index (κ2) is 10.4. The number of rotatable bonds is 9. The van der Waals surface area contributed by atoms with Crippen molar-refractivity contribution in [2.45, 2.75) is 39.5 Å². The van der Waals surface area contributed by atoms with E-state index >= 15 is 0 Å². The lowest BCUT2D eigenvalue weighted by molar-refractivity contribution is -0.121. The molecule has 0 spiro atoms. The third-order valence-electron chi connectivity index (χ3n) is 3.12. The summed E-state index contributed by atoms with van der Waals surface area (Å²) in [4.78, 5) is 34.7. The Hall–Kier alpha value is -2.37. The van der Waals surface area contributed by atoms with Gasteiger partial charge in [0.1, 0.15) is 0 Å². The fraction of sp³-hybridized carbons (Fsp3) is 0.471. The van der Waals surface area contributed by atoms with Crippen LogP contribution < -0.4 is 16.0 Å². The van der Waals surface area contributed by atoms with Gasteiger partial charge in [-0.15, -0.1) is 0 Å². The normalized spacial score (nSPS) is 10.0. The molecule has 1 aromatic carbocycles. The molecule has 0 aliphatic heterocycles. The summed E-state index contributed by atoms with van der Waals surface area (Å²) in [5, 5.41) is 8.24. The zero-order valence-electron chi connectivity index (χ0n) is 13.8. The van der Waals surface area contributed by atoms with Crippen LogP contribution >= 0.6 is 0 Å². The van der Waals surface area contributed by atoms with Gasteiger partial charge in [-0.3, -0.25) is 14.4 Å². The van der Waals surface area contributed by atoms with E-state index in [0.717, 1.165) is 12.8 Å². The number of carbonyl (C=O) groups excluding carboxylic acids is 3. The minimum atomic E-state index is -0.207. The first kappa shape index (κ1) is 18.7. The highest BCUT2D eigenvalue weighted by atomic mass is 16.2. The molecule has 3 amide bonds. The highest BCUT2D eigenvalue weighted by Gasteiger charge is 2.06. The molecule has 0 aliphatic carbocycles. The van der Waals surface area contributed by atoms with E-state index in [1.807, 2.05) is 13.8 Å². The van der Waals surface area contributed by atoms with E-state index in [-0.39, 0.29) is 17.7 Å². The predicted molar refractivity (Wildman–Crippen MR) is 90.2 cm³/mol. The SMILES string of the molecule is CCCC(=O)NCCNC(=O)c1ccc(NC(=O)CCC)cc1. The van der Waals surface area contributed by atoms with Crippen molar-refractivity contribution in [3.05, 3.63) is 29.8 Å². The Bertz CT molecular complexity index is 526. The van der Waals surface area contributed by atoms with Crippen LogP contribution in [0.15, 0.2) is 24.3 Å². The Morgan fingerprint density at radius 2 is 1.39 bits per heavy atom. The summed E-state index contributed by atoms with van der Waals surface area (Å²) >= 11 is 0. The molecule has 6 heteroatoms. The molecule has 1 rings (SSSR count). The zero-order chi connectivity index (χ0) is 17.1. The van der Waals surface area contributed by atoms with Gasteiger partial charge in [0.25, 0.3) is 5.91 Å². The molecule has 0 aliphatic rings. The molecule has 0 radical (unpaired) electrons. The maximum atomic E-state index is 11.9. The smallest absolute Gasteiger partial charge is 0.251 e. The van der Waals surface area contributed by atoms with Crippen molar-refractivity contribution in [1.29, 1.82) is 0 Å². The quantitative estimate of drug-likeness (QED) is 0.609. The summed E-state index contributed by atoms with van der Waals surface area (Å²) in [5.41, 5.74) is 1.19. The first-order valence-electron chi connectivity index (χ1n) is 8.01. The molecule has 23 heavy (non-hydrogen) atoms. The van der Waals surface area contributed by atoms with Gasteiger partial charge in [0.05, 0.1) is 0 Å². The number of hydrogen-bond donors (Lipinski definition) is 3. The highest BCUT2D eigenvalue weighted by molar-refractivity contribution is 5.95. The first-order chi connectivity index (χ1) is 11.1. The number of anilines is 1. The lowest BCUT2D eigenvalue weighted by Gasteiger charge is -2.08. The van der Waals surface area contributed by atoms with Crippen molar-refractivity contribution in [2.24, 2.45) is 0 Å². The molecule has 1 aromatic rings. The molecule has 0 fully saturated rings. The summed E-state index contributed by atoms with van der Waals surface area (Å²) in [7, 11) is 0. The van der Waals surface area contributed by atoms with Crippen molar-refractivity contribution < 1.29 is 14.4 Å². The molecular formula is C17H25N3O3. The van der Waals surface area contributed by atoms with E-state index in [9.17, 15) is 14.4 Å². The summed E-state index contributed by atoms with van der Waals surface area (Å²) < 4.78 is 0. The first-order valence-corrected chi connectivity index (χ1v) is 8.01. The number of carbonyl (C=O) groups is 3. The zero-order valence-corrected chi connectivity index (χ0v) is 13.8. The van der Waals surface area contributed by atoms with E-state index < -0.39 is 0 Å². The van der Waals surface area contributed by atoms with Crippen molar-refractivity contribution in [2.75, 3.05) is 18.4 Å². The van der Waals surface area contributed by atoms with Crippen molar-refractivity contribution in [3.63, 3.8) is 0 Å². The predicted octanol–water partition coefficient (Wildman–Crippen LogP) is 2.07. The number of amides is 3. The van der Waals surface area contributed by atoms with Crippen molar-refractivity contribution in [3.8, 4) is 0 Å². The van der Waals surface area contributed by atoms with E-state index in [1.165, 1.54) is 0 Å². The molecule has 0 aromatic heterocycles. The minimum Gasteiger partial charge on any atom is -0.354 e. The maximum Gasteiger partial charge on any atom is 0.251 e. The Balaban J connectivity index is 2.36. The Morgan fingerprint density at radius 1 is 0.826 bits per heavy atom. The maximum absolute atomic E-state index is 11.9. The van der Waals surface area contributed by atoms with Crippen LogP contribution in [0.2, 0.25) is 0 Å². The molecule has 0 saturated heterocycles. The number of benzene rings is 1. The molecular weight excluding hydrogens is 294 g/mol. The van der Waals surface area contributed by atoms with Crippen LogP contribution in [0.1, 0.15) is 49.9 Å². The van der Waals surface area contributed by atoms with Gasteiger partial charge in [0, 0.05) is 37.2 Å². The second-order valence-electron chi connectivity index (χ2n) is 5.23. The topological polar surface area (TPSA) is 87.3 Å². The van der Waals surface area contributed by atoms with Crippen molar-refractivity contribution >= 4 is 23.4 Å². The molecule has 0 atom stereocenters. The van der Waals surface area contributed by atoms with Crippen LogP contribution in [0, 0.1) is 0 Å². The van der Waals surface area contributed by atoms with E-state index in [4.69, 9.17) is 0 Å². The van der Waals surface area contributed by atoms with Gasteiger partial charge < -0.3 is 16.0 Å². The van der Waals surface area contributed by atoms with Gasteiger partial charge in [-0.1, -0.05) is 13.8 Å². The molecule has 0 heterocycles. The van der Waals surface area contributed by atoms with Crippen LogP contribution in [0.3, 0.4) is 0 Å². The molecule has 3 N–H and O–H groups in total. The van der Waals surface area contributed by atoms with Crippen LogP contribution in [0.25, 0.3) is 0 Å². The third kappa shape index (κ3) is 7.44. The van der Waals surface area contributed by atoms with Gasteiger partial charge in [0.2, 0.25) is 11.8 Å². The van der Waals surface area contributed by atoms with E-state index in [0.29, 0.717) is 37.2 Å². The monoisotopic (exact) mass is 319 g/mol. The molecule has 126 valence electrons. The number of hydrogen-bond acceptors (Lipinski definition) is 3. The Labute approximate surface area is 137 Å². The van der Waals surface area contributed by atoms with Gasteiger partial charge >= 0.3 is 0 Å². The standard InChI is InChI=1S/C17H25N3O3/c1-3-5-15(21)18-11-12-19-17(23)13-7-9-14(10-8-13)20-16(22)6-4-2/h7-10H,3-6,11-12H2,1-2H3,(H,18,21)(H,19,23)(H,20,22). The highest BCUT2D eigenvalue weighted by Crippen LogP contribution is 2.10. The summed E-state index contributed by atoms with van der Waals surface area (Å²) in [6.45, 7) is 4.67. The average molecular weight is 319 g/mol. The van der Waals surface area contributed by atoms with Crippen LogP contribution in [-0.2, 0) is 9.59 Å². The lowest BCUT2D eigenvalue weighted by Crippen LogP contribution is -2.34. The van der Waals surface area contributed by atoms with Crippen LogP contribution in [0.5, 0.6) is 0 Å². The van der Waals surface area contributed by atoms with Gasteiger partial charge in [-0.05, 0) is 37.1 Å². The fourth-order valence-corrected chi connectivity index (χ4v) is 1.95. The summed E-state index contributed by atoms with van der Waals surface area (Å²) in [6.07, 6.45) is 2.58. The summed E-state index contributed by atoms with van der Waals surface area (Å²) in [5.74, 6) is -0.248. The van der Waals surface area contributed by atoms with Crippen LogP contribution in [-0.4, -0.2) is 30.8 Å². The van der Waals surface area contributed by atoms with Gasteiger partial charge in [-0.25, -0.2) is 0 Å². The van der Waals surface area contributed by atoms with E-state index in [2.05, 4.69) is 16.0 Å². The molecule has 0 saturated carbocycles. The van der Waals surface area contributed by atoms with Gasteiger partial charge in [-0.2, -0.15) is 0 Å².